The van der Waals surface area contributed by atoms with Crippen LogP contribution >= 0.6 is 0 Å². The lowest BCUT2D eigenvalue weighted by Gasteiger charge is -2.32. The molecule has 2 fully saturated rings. The average Bonchev–Trinajstić information content (AvgIpc) is 2.96. The van der Waals surface area contributed by atoms with Crippen LogP contribution in [0, 0.1) is 0 Å². The van der Waals surface area contributed by atoms with E-state index in [0.717, 1.165) is 45.0 Å². The summed E-state index contributed by atoms with van der Waals surface area (Å²) in [5, 5.41) is 13.2. The van der Waals surface area contributed by atoms with Crippen LogP contribution in [0.15, 0.2) is 29.3 Å². The quantitative estimate of drug-likeness (QED) is 0.616. The van der Waals surface area contributed by atoms with Gasteiger partial charge in [0.25, 0.3) is 0 Å². The molecule has 1 aromatic carbocycles. The van der Waals surface area contributed by atoms with Crippen molar-refractivity contribution in [1.82, 2.24) is 15.1 Å². The molecule has 2 N–H and O–H groups in total. The summed E-state index contributed by atoms with van der Waals surface area (Å²) >= 11 is 0. The van der Waals surface area contributed by atoms with E-state index in [-0.39, 0.29) is 6.10 Å². The highest BCUT2D eigenvalue weighted by Gasteiger charge is 2.19. The van der Waals surface area contributed by atoms with Crippen molar-refractivity contribution in [3.05, 3.63) is 35.4 Å². The highest BCUT2D eigenvalue weighted by molar-refractivity contribution is 5.80. The summed E-state index contributed by atoms with van der Waals surface area (Å²) in [7, 11) is 0. The van der Waals surface area contributed by atoms with Crippen LogP contribution in [0.3, 0.4) is 0 Å². The molecule has 0 unspecified atom stereocenters. The number of benzene rings is 1. The van der Waals surface area contributed by atoms with Crippen molar-refractivity contribution >= 4 is 5.96 Å². The first-order chi connectivity index (χ1) is 13.3. The highest BCUT2D eigenvalue weighted by atomic mass is 16.3. The molecule has 0 saturated carbocycles. The third-order valence-electron chi connectivity index (χ3n) is 5.71. The van der Waals surface area contributed by atoms with Crippen LogP contribution < -0.4 is 5.32 Å². The molecule has 2 heterocycles. The summed E-state index contributed by atoms with van der Waals surface area (Å²) in [6.07, 6.45) is 6.90. The van der Waals surface area contributed by atoms with Gasteiger partial charge in [0.1, 0.15) is 0 Å². The zero-order valence-electron chi connectivity index (χ0n) is 16.9. The number of aliphatic hydroxyl groups excluding tert-OH is 1. The van der Waals surface area contributed by atoms with Gasteiger partial charge < -0.3 is 15.3 Å². The Morgan fingerprint density at radius 2 is 1.70 bits per heavy atom. The largest absolute Gasteiger partial charge is 0.393 e. The van der Waals surface area contributed by atoms with E-state index in [1.54, 1.807) is 0 Å². The van der Waals surface area contributed by atoms with Crippen molar-refractivity contribution in [3.8, 4) is 0 Å². The van der Waals surface area contributed by atoms with Crippen molar-refractivity contribution in [2.75, 3.05) is 32.7 Å². The summed E-state index contributed by atoms with van der Waals surface area (Å²) in [6, 6.07) is 8.76. The zero-order chi connectivity index (χ0) is 18.9. The maximum absolute atomic E-state index is 9.77. The van der Waals surface area contributed by atoms with E-state index in [1.807, 2.05) is 0 Å². The molecule has 2 saturated heterocycles. The summed E-state index contributed by atoms with van der Waals surface area (Å²) in [4.78, 5) is 9.83. The first kappa shape index (κ1) is 20.2. The van der Waals surface area contributed by atoms with Crippen molar-refractivity contribution in [2.45, 2.75) is 64.6 Å². The molecule has 0 radical (unpaired) electrons. The molecule has 5 heteroatoms. The van der Waals surface area contributed by atoms with Gasteiger partial charge in [-0.15, -0.1) is 0 Å². The van der Waals surface area contributed by atoms with Crippen LogP contribution in [-0.2, 0) is 13.1 Å². The molecular weight excluding hydrogens is 336 g/mol. The van der Waals surface area contributed by atoms with Crippen LogP contribution in [0.5, 0.6) is 0 Å². The molecule has 0 atom stereocenters. The van der Waals surface area contributed by atoms with Crippen LogP contribution in [0.4, 0.5) is 0 Å². The predicted molar refractivity (Wildman–Crippen MR) is 112 cm³/mol. The Labute approximate surface area is 164 Å². The van der Waals surface area contributed by atoms with Gasteiger partial charge in [-0.25, -0.2) is 4.99 Å². The summed E-state index contributed by atoms with van der Waals surface area (Å²) < 4.78 is 0. The fourth-order valence-corrected chi connectivity index (χ4v) is 4.06. The number of piperidine rings is 1. The van der Waals surface area contributed by atoms with Gasteiger partial charge in [-0.3, -0.25) is 4.90 Å². The van der Waals surface area contributed by atoms with Gasteiger partial charge in [-0.05, 0) is 56.8 Å². The van der Waals surface area contributed by atoms with Gasteiger partial charge in [0.05, 0.1) is 12.6 Å². The number of nitrogens with one attached hydrogen (secondary N) is 1. The van der Waals surface area contributed by atoms with Crippen molar-refractivity contribution in [3.63, 3.8) is 0 Å². The molecule has 3 rings (SSSR count). The maximum atomic E-state index is 9.77. The Kier molecular flexibility index (Phi) is 7.96. The van der Waals surface area contributed by atoms with Crippen molar-refractivity contribution in [2.24, 2.45) is 4.99 Å². The first-order valence-electron chi connectivity index (χ1n) is 10.8. The lowest BCUT2D eigenvalue weighted by atomic mass is 10.1. The smallest absolute Gasteiger partial charge is 0.194 e. The molecule has 2 aliphatic rings. The molecular formula is C22H36N4O. The Bertz CT molecular complexity index is 588. The Morgan fingerprint density at radius 1 is 1.04 bits per heavy atom. The summed E-state index contributed by atoms with van der Waals surface area (Å²) in [5.74, 6) is 0.981. The maximum Gasteiger partial charge on any atom is 0.194 e. The van der Waals surface area contributed by atoms with Gasteiger partial charge in [-0.2, -0.15) is 0 Å². The van der Waals surface area contributed by atoms with Crippen LogP contribution in [-0.4, -0.2) is 59.7 Å². The van der Waals surface area contributed by atoms with Gasteiger partial charge in [0.15, 0.2) is 5.96 Å². The monoisotopic (exact) mass is 372 g/mol. The molecule has 2 aliphatic heterocycles. The average molecular weight is 373 g/mol. The number of rotatable bonds is 5. The molecule has 0 aromatic heterocycles. The lowest BCUT2D eigenvalue weighted by Crippen LogP contribution is -2.46. The zero-order valence-corrected chi connectivity index (χ0v) is 16.9. The van der Waals surface area contributed by atoms with Crippen LogP contribution in [0.2, 0.25) is 0 Å². The molecule has 0 amide bonds. The molecule has 150 valence electrons. The number of nitrogens with zero attached hydrogens (tertiary/aromatic N) is 3. The Hall–Kier alpha value is -1.59. The lowest BCUT2D eigenvalue weighted by molar-refractivity contribution is 0.108. The minimum Gasteiger partial charge on any atom is -0.393 e. The van der Waals surface area contributed by atoms with Gasteiger partial charge in [-0.1, -0.05) is 37.1 Å². The fraction of sp³-hybridized carbons (Fsp3) is 0.682. The topological polar surface area (TPSA) is 51.1 Å². The first-order valence-corrected chi connectivity index (χ1v) is 10.8. The molecule has 27 heavy (non-hydrogen) atoms. The summed E-state index contributed by atoms with van der Waals surface area (Å²) in [6.45, 7) is 8.93. The van der Waals surface area contributed by atoms with E-state index in [4.69, 9.17) is 4.99 Å². The normalized spacial score (nSPS) is 20.5. The molecule has 0 bridgehead atoms. The highest BCUT2D eigenvalue weighted by Crippen LogP contribution is 2.17. The van der Waals surface area contributed by atoms with E-state index in [9.17, 15) is 5.11 Å². The van der Waals surface area contributed by atoms with Crippen LogP contribution in [0.1, 0.15) is 56.6 Å². The minimum absolute atomic E-state index is 0.154. The number of likely N-dealkylation sites (tertiary alicyclic amines) is 2. The van der Waals surface area contributed by atoms with E-state index < -0.39 is 0 Å². The molecule has 0 spiro atoms. The van der Waals surface area contributed by atoms with Gasteiger partial charge >= 0.3 is 0 Å². The second-order valence-corrected chi connectivity index (χ2v) is 7.85. The molecule has 0 aliphatic carbocycles. The molecule has 5 nitrogen and oxygen atoms in total. The Morgan fingerprint density at radius 3 is 2.37 bits per heavy atom. The number of guanidine groups is 1. The SMILES string of the molecule is CCNC(=NCc1ccccc1CN1CCCCCC1)N1CCC(O)CC1. The van der Waals surface area contributed by atoms with Gasteiger partial charge in [0, 0.05) is 26.2 Å². The van der Waals surface area contributed by atoms with Crippen molar-refractivity contribution in [1.29, 1.82) is 0 Å². The van der Waals surface area contributed by atoms with Crippen molar-refractivity contribution < 1.29 is 5.11 Å². The number of hydrogen-bond acceptors (Lipinski definition) is 3. The van der Waals surface area contributed by atoms with Crippen LogP contribution in [0.25, 0.3) is 0 Å². The third-order valence-corrected chi connectivity index (χ3v) is 5.71. The van der Waals surface area contributed by atoms with E-state index in [2.05, 4.69) is 46.3 Å². The second kappa shape index (κ2) is 10.7. The summed E-state index contributed by atoms with van der Waals surface area (Å²) in [5.41, 5.74) is 2.74. The van der Waals surface area contributed by atoms with E-state index in [0.29, 0.717) is 6.54 Å². The second-order valence-electron chi connectivity index (χ2n) is 7.85. The Balaban J connectivity index is 1.66. The standard InChI is InChI=1S/C22H36N4O/c1-2-23-22(26-15-11-21(27)12-16-26)24-17-19-9-5-6-10-20(19)18-25-13-7-3-4-8-14-25/h5-6,9-10,21,27H,2-4,7-8,11-18H2,1H3,(H,23,24). The van der Waals surface area contributed by atoms with E-state index in [1.165, 1.54) is 49.9 Å². The third kappa shape index (κ3) is 6.22. The van der Waals surface area contributed by atoms with E-state index >= 15 is 0 Å². The number of aliphatic hydroxyl groups is 1. The number of aliphatic imine (C=N–C) groups is 1. The minimum atomic E-state index is -0.154. The van der Waals surface area contributed by atoms with Gasteiger partial charge in [0.2, 0.25) is 0 Å². The number of hydrogen-bond donors (Lipinski definition) is 2. The molecule has 1 aromatic rings. The fourth-order valence-electron chi connectivity index (χ4n) is 4.06. The predicted octanol–water partition coefficient (Wildman–Crippen LogP) is 2.98.